The molecule has 3 aromatic rings. The van der Waals surface area contributed by atoms with Crippen LogP contribution >= 0.6 is 0 Å². The van der Waals surface area contributed by atoms with Gasteiger partial charge in [0.25, 0.3) is 15.9 Å². The number of anilines is 1. The fourth-order valence-corrected chi connectivity index (χ4v) is 4.30. The van der Waals surface area contributed by atoms with E-state index in [9.17, 15) is 22.7 Å². The molecular formula is C23H22FN3O5S. The van der Waals surface area contributed by atoms with E-state index in [0.29, 0.717) is 5.56 Å². The van der Waals surface area contributed by atoms with Crippen molar-refractivity contribution < 1.29 is 27.4 Å². The Kier molecular flexibility index (Phi) is 7.29. The Balaban J connectivity index is 1.82. The van der Waals surface area contributed by atoms with Gasteiger partial charge in [0.05, 0.1) is 23.9 Å². The number of hydrogen-bond acceptors (Lipinski definition) is 6. The van der Waals surface area contributed by atoms with E-state index < -0.39 is 28.3 Å². The zero-order valence-electron chi connectivity index (χ0n) is 17.9. The van der Waals surface area contributed by atoms with Crippen molar-refractivity contribution >= 4 is 27.8 Å². The Morgan fingerprint density at radius 1 is 1.12 bits per heavy atom. The Morgan fingerprint density at radius 3 is 2.42 bits per heavy atom. The number of phenolic OH excluding ortho intramolecular Hbond substituents is 1. The van der Waals surface area contributed by atoms with Gasteiger partial charge in [0.2, 0.25) is 0 Å². The highest BCUT2D eigenvalue weighted by Crippen LogP contribution is 2.26. The van der Waals surface area contributed by atoms with Gasteiger partial charge < -0.3 is 9.84 Å². The summed E-state index contributed by atoms with van der Waals surface area (Å²) in [6.45, 7) is 1.29. The Hall–Kier alpha value is -3.92. The lowest BCUT2D eigenvalue weighted by molar-refractivity contribution is -0.119. The van der Waals surface area contributed by atoms with E-state index in [1.165, 1.54) is 25.5 Å². The summed E-state index contributed by atoms with van der Waals surface area (Å²) in [6.07, 6.45) is 1.32. The van der Waals surface area contributed by atoms with Crippen LogP contribution in [0.2, 0.25) is 0 Å². The van der Waals surface area contributed by atoms with Crippen LogP contribution in [0.1, 0.15) is 11.1 Å². The van der Waals surface area contributed by atoms with Crippen LogP contribution in [0.5, 0.6) is 11.5 Å². The van der Waals surface area contributed by atoms with Crippen LogP contribution in [0.4, 0.5) is 10.1 Å². The molecule has 0 spiro atoms. The molecule has 0 aromatic heterocycles. The third-order valence-electron chi connectivity index (χ3n) is 4.62. The number of hydrogen-bond donors (Lipinski definition) is 2. The fraction of sp³-hybridized carbons (Fsp3) is 0.130. The molecule has 0 radical (unpaired) electrons. The van der Waals surface area contributed by atoms with Gasteiger partial charge in [-0.05, 0) is 67.1 Å². The Morgan fingerprint density at radius 2 is 1.79 bits per heavy atom. The first-order valence-electron chi connectivity index (χ1n) is 9.74. The zero-order chi connectivity index (χ0) is 24.0. The van der Waals surface area contributed by atoms with Gasteiger partial charge >= 0.3 is 0 Å². The molecule has 172 valence electrons. The van der Waals surface area contributed by atoms with Crippen LogP contribution in [-0.2, 0) is 14.8 Å². The van der Waals surface area contributed by atoms with Gasteiger partial charge in [0.15, 0.2) is 11.5 Å². The molecule has 0 aliphatic carbocycles. The van der Waals surface area contributed by atoms with Crippen LogP contribution < -0.4 is 14.5 Å². The standard InChI is InChI=1S/C23H22FN3O5S/c1-16-3-8-19(9-4-16)27(33(30,31)20-10-6-18(24)7-11-20)15-23(29)26-25-14-17-5-12-21(28)22(13-17)32-2/h3-14,28H,15H2,1-2H3,(H,26,29)/b25-14-. The van der Waals surface area contributed by atoms with E-state index in [1.807, 2.05) is 6.92 Å². The van der Waals surface area contributed by atoms with Crippen molar-refractivity contribution in [3.8, 4) is 11.5 Å². The monoisotopic (exact) mass is 471 g/mol. The van der Waals surface area contributed by atoms with E-state index >= 15 is 0 Å². The van der Waals surface area contributed by atoms with Crippen LogP contribution in [0.3, 0.4) is 0 Å². The van der Waals surface area contributed by atoms with E-state index in [2.05, 4.69) is 10.5 Å². The van der Waals surface area contributed by atoms with Crippen LogP contribution in [-0.4, -0.2) is 39.3 Å². The minimum absolute atomic E-state index is 0.0431. The number of nitrogens with zero attached hydrogens (tertiary/aromatic N) is 2. The molecule has 3 aromatic carbocycles. The molecule has 0 aliphatic heterocycles. The number of nitrogens with one attached hydrogen (secondary N) is 1. The number of halogens is 1. The summed E-state index contributed by atoms with van der Waals surface area (Å²) >= 11 is 0. The molecule has 0 bridgehead atoms. The Labute approximate surface area is 191 Å². The summed E-state index contributed by atoms with van der Waals surface area (Å²) in [5, 5.41) is 13.5. The normalized spacial score (nSPS) is 11.4. The second kappa shape index (κ2) is 10.1. The van der Waals surface area contributed by atoms with Crippen molar-refractivity contribution in [2.75, 3.05) is 18.0 Å². The first-order valence-corrected chi connectivity index (χ1v) is 11.2. The van der Waals surface area contributed by atoms with Gasteiger partial charge in [-0.15, -0.1) is 0 Å². The maximum absolute atomic E-state index is 13.3. The first kappa shape index (κ1) is 23.7. The van der Waals surface area contributed by atoms with E-state index in [-0.39, 0.29) is 22.1 Å². The second-order valence-electron chi connectivity index (χ2n) is 7.03. The summed E-state index contributed by atoms with van der Waals surface area (Å²) in [5.41, 5.74) is 4.01. The van der Waals surface area contributed by atoms with Crippen molar-refractivity contribution in [3.63, 3.8) is 0 Å². The van der Waals surface area contributed by atoms with Gasteiger partial charge in [0.1, 0.15) is 12.4 Å². The number of methoxy groups -OCH3 is 1. The maximum atomic E-state index is 13.3. The summed E-state index contributed by atoms with van der Waals surface area (Å²) < 4.78 is 45.7. The molecule has 10 heteroatoms. The number of carbonyl (C=O) groups is 1. The van der Waals surface area contributed by atoms with Gasteiger partial charge in [-0.3, -0.25) is 9.10 Å². The highest BCUT2D eigenvalue weighted by molar-refractivity contribution is 7.92. The fourth-order valence-electron chi connectivity index (χ4n) is 2.88. The number of ether oxygens (including phenoxy) is 1. The molecule has 0 aliphatic rings. The van der Waals surface area contributed by atoms with Crippen molar-refractivity contribution in [1.82, 2.24) is 5.43 Å². The SMILES string of the molecule is COc1cc(/C=N\NC(=O)CN(c2ccc(C)cc2)S(=O)(=O)c2ccc(F)cc2)ccc1O. The molecule has 0 saturated heterocycles. The number of carbonyl (C=O) groups excluding carboxylic acids is 1. The van der Waals surface area contributed by atoms with Crippen molar-refractivity contribution in [1.29, 1.82) is 0 Å². The van der Waals surface area contributed by atoms with E-state index in [4.69, 9.17) is 4.74 Å². The van der Waals surface area contributed by atoms with Crippen molar-refractivity contribution in [2.45, 2.75) is 11.8 Å². The molecule has 0 unspecified atom stereocenters. The summed E-state index contributed by atoms with van der Waals surface area (Å²) in [5.74, 6) is -1.07. The largest absolute Gasteiger partial charge is 0.504 e. The predicted molar refractivity (Wildman–Crippen MR) is 123 cm³/mol. The van der Waals surface area contributed by atoms with Gasteiger partial charge in [-0.1, -0.05) is 17.7 Å². The predicted octanol–water partition coefficient (Wildman–Crippen LogP) is 3.19. The van der Waals surface area contributed by atoms with Crippen LogP contribution in [0.15, 0.2) is 76.7 Å². The first-order chi connectivity index (χ1) is 15.7. The molecule has 3 rings (SSSR count). The van der Waals surface area contributed by atoms with Crippen LogP contribution in [0.25, 0.3) is 0 Å². The highest BCUT2D eigenvalue weighted by Gasteiger charge is 2.27. The maximum Gasteiger partial charge on any atom is 0.264 e. The summed E-state index contributed by atoms with van der Waals surface area (Å²) in [7, 11) is -2.76. The average Bonchev–Trinajstić information content (AvgIpc) is 2.79. The zero-order valence-corrected chi connectivity index (χ0v) is 18.7. The smallest absolute Gasteiger partial charge is 0.264 e. The molecular weight excluding hydrogens is 449 g/mol. The van der Waals surface area contributed by atoms with Gasteiger partial charge in [-0.25, -0.2) is 18.2 Å². The molecule has 0 saturated carbocycles. The van der Waals surface area contributed by atoms with Gasteiger partial charge in [-0.2, -0.15) is 5.10 Å². The topological polar surface area (TPSA) is 108 Å². The average molecular weight is 472 g/mol. The lowest BCUT2D eigenvalue weighted by Gasteiger charge is -2.23. The molecule has 0 atom stereocenters. The lowest BCUT2D eigenvalue weighted by atomic mass is 10.2. The van der Waals surface area contributed by atoms with Crippen molar-refractivity contribution in [2.24, 2.45) is 5.10 Å². The number of sulfonamides is 1. The molecule has 0 fully saturated rings. The number of rotatable bonds is 8. The number of aromatic hydroxyl groups is 1. The number of amides is 1. The highest BCUT2D eigenvalue weighted by atomic mass is 32.2. The Bertz CT molecular complexity index is 1260. The van der Waals surface area contributed by atoms with Gasteiger partial charge in [0, 0.05) is 0 Å². The summed E-state index contributed by atoms with van der Waals surface area (Å²) in [6, 6.07) is 15.4. The minimum Gasteiger partial charge on any atom is -0.504 e. The van der Waals surface area contributed by atoms with Crippen molar-refractivity contribution in [3.05, 3.63) is 83.7 Å². The number of aryl methyl sites for hydroxylation is 1. The number of benzene rings is 3. The minimum atomic E-state index is -4.16. The molecule has 33 heavy (non-hydrogen) atoms. The number of phenols is 1. The molecule has 0 heterocycles. The van der Waals surface area contributed by atoms with Crippen LogP contribution in [0, 0.1) is 12.7 Å². The summed E-state index contributed by atoms with van der Waals surface area (Å²) in [4.78, 5) is 12.4. The number of hydrazone groups is 1. The third kappa shape index (κ3) is 5.86. The molecule has 8 nitrogen and oxygen atoms in total. The van der Waals surface area contributed by atoms with E-state index in [0.717, 1.165) is 34.1 Å². The molecule has 1 amide bonds. The van der Waals surface area contributed by atoms with E-state index in [1.54, 1.807) is 30.3 Å². The lowest BCUT2D eigenvalue weighted by Crippen LogP contribution is -2.39. The molecule has 2 N–H and O–H groups in total. The quantitative estimate of drug-likeness (QED) is 0.388. The third-order valence-corrected chi connectivity index (χ3v) is 6.41. The second-order valence-corrected chi connectivity index (χ2v) is 8.89.